The number of benzene rings is 1. The van der Waals surface area contributed by atoms with E-state index in [2.05, 4.69) is 40.1 Å². The van der Waals surface area contributed by atoms with E-state index in [1.165, 1.54) is 22.6 Å². The first-order valence-corrected chi connectivity index (χ1v) is 8.90. The normalized spacial score (nSPS) is 12.7. The molecule has 0 amide bonds. The van der Waals surface area contributed by atoms with E-state index in [1.807, 2.05) is 6.07 Å². The molecule has 3 rings (SSSR count). The fraction of sp³-hybridized carbons (Fsp3) is 0.263. The molecule has 0 saturated heterocycles. The lowest BCUT2D eigenvalue weighted by molar-refractivity contribution is 0.408. The van der Waals surface area contributed by atoms with Crippen LogP contribution in [0, 0.1) is 11.7 Å². The van der Waals surface area contributed by atoms with Gasteiger partial charge in [0.1, 0.15) is 11.5 Å². The predicted molar refractivity (Wildman–Crippen MR) is 100.0 cm³/mol. The van der Waals surface area contributed by atoms with E-state index in [1.54, 1.807) is 24.4 Å². The highest BCUT2D eigenvalue weighted by molar-refractivity contribution is 9.10. The molecule has 0 radical (unpaired) electrons. The maximum Gasteiger partial charge on any atom is 0.258 e. The van der Waals surface area contributed by atoms with Gasteiger partial charge in [-0.05, 0) is 51.7 Å². The Labute approximate surface area is 153 Å². The van der Waals surface area contributed by atoms with Crippen LogP contribution < -0.4 is 10.9 Å². The van der Waals surface area contributed by atoms with Gasteiger partial charge in [0.25, 0.3) is 5.56 Å². The Morgan fingerprint density at radius 2 is 1.92 bits per heavy atom. The molecule has 0 aliphatic rings. The number of pyridine rings is 1. The van der Waals surface area contributed by atoms with Crippen molar-refractivity contribution in [1.82, 2.24) is 14.7 Å². The largest absolute Gasteiger partial charge is 0.304 e. The van der Waals surface area contributed by atoms with Crippen molar-refractivity contribution in [3.63, 3.8) is 0 Å². The van der Waals surface area contributed by atoms with E-state index in [0.29, 0.717) is 23.8 Å². The highest BCUT2D eigenvalue weighted by Crippen LogP contribution is 2.22. The molecule has 1 aromatic carbocycles. The molecule has 4 nitrogen and oxygen atoms in total. The number of fused-ring (bicyclic) bond motifs is 1. The molecule has 0 bridgehead atoms. The van der Waals surface area contributed by atoms with Crippen molar-refractivity contribution in [2.24, 2.45) is 5.92 Å². The van der Waals surface area contributed by atoms with Gasteiger partial charge < -0.3 is 5.32 Å². The van der Waals surface area contributed by atoms with Crippen LogP contribution in [0.2, 0.25) is 0 Å². The second-order valence-electron chi connectivity index (χ2n) is 6.32. The van der Waals surface area contributed by atoms with Crippen LogP contribution in [0.5, 0.6) is 0 Å². The lowest BCUT2D eigenvalue weighted by Gasteiger charge is -2.23. The fourth-order valence-electron chi connectivity index (χ4n) is 2.84. The Balaban J connectivity index is 1.83. The second kappa shape index (κ2) is 7.45. The Morgan fingerprint density at radius 1 is 1.20 bits per heavy atom. The summed E-state index contributed by atoms with van der Waals surface area (Å²) >= 11 is 3.36. The number of aromatic nitrogens is 2. The van der Waals surface area contributed by atoms with Gasteiger partial charge >= 0.3 is 0 Å². The van der Waals surface area contributed by atoms with Crippen LogP contribution in [0.25, 0.3) is 5.65 Å². The molecule has 6 heteroatoms. The molecule has 0 aliphatic carbocycles. The summed E-state index contributed by atoms with van der Waals surface area (Å²) in [6.45, 7) is 4.66. The van der Waals surface area contributed by atoms with Crippen LogP contribution in [0.4, 0.5) is 4.39 Å². The average Bonchev–Trinajstić information content (AvgIpc) is 2.57. The van der Waals surface area contributed by atoms with Gasteiger partial charge in [-0.15, -0.1) is 0 Å². The van der Waals surface area contributed by atoms with Crippen LogP contribution in [-0.2, 0) is 6.54 Å². The monoisotopic (exact) mass is 403 g/mol. The molecular formula is C19H19BrFN3O. The highest BCUT2D eigenvalue weighted by atomic mass is 79.9. The third kappa shape index (κ3) is 4.14. The molecule has 0 saturated carbocycles. The summed E-state index contributed by atoms with van der Waals surface area (Å²) in [6, 6.07) is 11.7. The predicted octanol–water partition coefficient (Wildman–Crippen LogP) is 4.08. The first-order chi connectivity index (χ1) is 11.9. The van der Waals surface area contributed by atoms with Gasteiger partial charge in [-0.25, -0.2) is 9.37 Å². The molecule has 2 aromatic heterocycles. The first-order valence-electron chi connectivity index (χ1n) is 8.11. The summed E-state index contributed by atoms with van der Waals surface area (Å²) < 4.78 is 15.5. The summed E-state index contributed by atoms with van der Waals surface area (Å²) in [5.41, 5.74) is 2.18. The lowest BCUT2D eigenvalue weighted by atomic mass is 9.96. The quantitative estimate of drug-likeness (QED) is 0.697. The van der Waals surface area contributed by atoms with Crippen molar-refractivity contribution in [3.05, 3.63) is 80.6 Å². The summed E-state index contributed by atoms with van der Waals surface area (Å²) in [6.07, 6.45) is 1.71. The van der Waals surface area contributed by atoms with Crippen LogP contribution in [0.1, 0.15) is 31.1 Å². The molecular weight excluding hydrogens is 385 g/mol. The molecule has 3 aromatic rings. The van der Waals surface area contributed by atoms with E-state index in [4.69, 9.17) is 0 Å². The topological polar surface area (TPSA) is 46.4 Å². The van der Waals surface area contributed by atoms with E-state index in [-0.39, 0.29) is 17.4 Å². The maximum absolute atomic E-state index is 13.2. The molecule has 0 aliphatic heterocycles. The first kappa shape index (κ1) is 17.8. The van der Waals surface area contributed by atoms with Gasteiger partial charge in [0, 0.05) is 29.3 Å². The van der Waals surface area contributed by atoms with Gasteiger partial charge in [0.05, 0.1) is 5.69 Å². The smallest absolute Gasteiger partial charge is 0.258 e. The second-order valence-corrected chi connectivity index (χ2v) is 7.23. The van der Waals surface area contributed by atoms with Crippen molar-refractivity contribution >= 4 is 21.6 Å². The van der Waals surface area contributed by atoms with Gasteiger partial charge in [0.15, 0.2) is 0 Å². The Kier molecular flexibility index (Phi) is 5.30. The molecule has 0 spiro atoms. The van der Waals surface area contributed by atoms with Gasteiger partial charge in [-0.2, -0.15) is 0 Å². The van der Waals surface area contributed by atoms with Gasteiger partial charge in [0.2, 0.25) is 0 Å². The van der Waals surface area contributed by atoms with Crippen LogP contribution >= 0.6 is 15.9 Å². The number of hydrogen-bond acceptors (Lipinski definition) is 3. The summed E-state index contributed by atoms with van der Waals surface area (Å²) in [5, 5.41) is 3.43. The Morgan fingerprint density at radius 3 is 2.60 bits per heavy atom. The number of rotatable bonds is 5. The number of nitrogens with zero attached hydrogens (tertiary/aromatic N) is 2. The van der Waals surface area contributed by atoms with Gasteiger partial charge in [-0.3, -0.25) is 9.20 Å². The van der Waals surface area contributed by atoms with Crippen LogP contribution in [0.15, 0.2) is 57.9 Å². The molecule has 130 valence electrons. The highest BCUT2D eigenvalue weighted by Gasteiger charge is 2.16. The number of halogens is 2. The molecule has 25 heavy (non-hydrogen) atoms. The van der Waals surface area contributed by atoms with Crippen molar-refractivity contribution in [2.45, 2.75) is 26.4 Å². The van der Waals surface area contributed by atoms with Crippen LogP contribution in [-0.4, -0.2) is 9.38 Å². The number of nitrogens with one attached hydrogen (secondary N) is 1. The van der Waals surface area contributed by atoms with E-state index < -0.39 is 0 Å². The molecule has 0 fully saturated rings. The SMILES string of the molecule is CC(C)[C@@H](NCc1cc(=O)n2cc(Br)ccc2n1)c1ccc(F)cc1. The van der Waals surface area contributed by atoms with Crippen molar-refractivity contribution in [1.29, 1.82) is 0 Å². The van der Waals surface area contributed by atoms with Crippen molar-refractivity contribution in [3.8, 4) is 0 Å². The van der Waals surface area contributed by atoms with E-state index in [9.17, 15) is 9.18 Å². The Hall–Kier alpha value is -2.05. The maximum atomic E-state index is 13.2. The summed E-state index contributed by atoms with van der Waals surface area (Å²) in [4.78, 5) is 16.8. The molecule has 1 atom stereocenters. The van der Waals surface area contributed by atoms with E-state index >= 15 is 0 Å². The van der Waals surface area contributed by atoms with Gasteiger partial charge in [-0.1, -0.05) is 26.0 Å². The summed E-state index contributed by atoms with van der Waals surface area (Å²) in [5.74, 6) is 0.0598. The zero-order valence-electron chi connectivity index (χ0n) is 14.0. The minimum absolute atomic E-state index is 0.0470. The molecule has 0 unspecified atom stereocenters. The van der Waals surface area contributed by atoms with Crippen LogP contribution in [0.3, 0.4) is 0 Å². The summed E-state index contributed by atoms with van der Waals surface area (Å²) in [7, 11) is 0. The van der Waals surface area contributed by atoms with E-state index in [0.717, 1.165) is 10.0 Å². The molecule has 1 N–H and O–H groups in total. The third-order valence-corrected chi connectivity index (χ3v) is 4.54. The van der Waals surface area contributed by atoms with Crippen molar-refractivity contribution < 1.29 is 4.39 Å². The molecule has 2 heterocycles. The lowest BCUT2D eigenvalue weighted by Crippen LogP contribution is -2.27. The zero-order valence-corrected chi connectivity index (χ0v) is 15.6. The standard InChI is InChI=1S/C19H19BrFN3O/c1-12(2)19(13-3-6-15(21)7-4-13)22-10-16-9-18(25)24-11-14(20)5-8-17(24)23-16/h3-9,11-12,19,22H,10H2,1-2H3/t19-/m1/s1. The fourth-order valence-corrected chi connectivity index (χ4v) is 3.18. The third-order valence-electron chi connectivity index (χ3n) is 4.08. The minimum Gasteiger partial charge on any atom is -0.304 e. The van der Waals surface area contributed by atoms with Crippen molar-refractivity contribution in [2.75, 3.05) is 0 Å². The Bertz CT molecular complexity index is 938. The number of hydrogen-bond donors (Lipinski definition) is 1. The zero-order chi connectivity index (χ0) is 18.0. The average molecular weight is 404 g/mol. The minimum atomic E-state index is -0.248.